The van der Waals surface area contributed by atoms with Gasteiger partial charge in [-0.2, -0.15) is 0 Å². The molecular weight excluding hydrogens is 283 g/mol. The molecule has 1 aliphatic rings. The summed E-state index contributed by atoms with van der Waals surface area (Å²) in [4.78, 5) is 29.1. The second kappa shape index (κ2) is 6.05. The van der Waals surface area contributed by atoms with Gasteiger partial charge in [0.25, 0.3) is 5.91 Å². The van der Waals surface area contributed by atoms with Crippen molar-refractivity contribution < 1.29 is 14.0 Å². The molecule has 0 spiro atoms. The summed E-state index contributed by atoms with van der Waals surface area (Å²) in [6, 6.07) is 7.95. The van der Waals surface area contributed by atoms with Gasteiger partial charge in [0.15, 0.2) is 0 Å². The monoisotopic (exact) mass is 298 g/mol. The first-order chi connectivity index (χ1) is 10.7. The van der Waals surface area contributed by atoms with Gasteiger partial charge in [0.1, 0.15) is 12.1 Å². The van der Waals surface area contributed by atoms with Crippen LogP contribution in [-0.4, -0.2) is 28.6 Å². The molecule has 1 aliphatic carbocycles. The van der Waals surface area contributed by atoms with E-state index in [0.717, 1.165) is 5.56 Å². The van der Waals surface area contributed by atoms with Crippen LogP contribution in [0.5, 0.6) is 0 Å². The number of fused-ring (bicyclic) bond motifs is 1. The average Bonchev–Trinajstić information content (AvgIpc) is 2.98. The van der Waals surface area contributed by atoms with Crippen molar-refractivity contribution in [3.63, 3.8) is 0 Å². The highest BCUT2D eigenvalue weighted by Crippen LogP contribution is 2.37. The molecule has 0 bridgehead atoms. The molecule has 1 amide bonds. The van der Waals surface area contributed by atoms with Crippen molar-refractivity contribution in [1.82, 2.24) is 9.88 Å². The number of amides is 1. The number of carbonyl (C=O) groups excluding carboxylic acids is 2. The van der Waals surface area contributed by atoms with Gasteiger partial charge in [-0.05, 0) is 42.2 Å². The van der Waals surface area contributed by atoms with Gasteiger partial charge in [0.05, 0.1) is 18.2 Å². The minimum absolute atomic E-state index is 0.0195. The zero-order chi connectivity index (χ0) is 15.5. The molecule has 0 N–H and O–H groups in total. The summed E-state index contributed by atoms with van der Waals surface area (Å²) in [5.74, 6) is -0.512. The lowest BCUT2D eigenvalue weighted by atomic mass is 10.1. The lowest BCUT2D eigenvalue weighted by Crippen LogP contribution is -2.35. The van der Waals surface area contributed by atoms with Gasteiger partial charge in [-0.3, -0.25) is 9.78 Å². The lowest BCUT2D eigenvalue weighted by molar-refractivity contribution is -0.108. The van der Waals surface area contributed by atoms with Crippen molar-refractivity contribution in [2.24, 2.45) is 0 Å². The molecule has 1 atom stereocenters. The van der Waals surface area contributed by atoms with Crippen LogP contribution in [-0.2, 0) is 11.2 Å². The van der Waals surface area contributed by atoms with Crippen LogP contribution in [0.3, 0.4) is 0 Å². The van der Waals surface area contributed by atoms with Crippen LogP contribution in [0, 0.1) is 5.82 Å². The molecule has 112 valence electrons. The van der Waals surface area contributed by atoms with E-state index >= 15 is 0 Å². The molecule has 0 saturated heterocycles. The SMILES string of the molecule is O=CCN(C(=O)c1cccnc1)C1CCc2c(F)cccc21. The van der Waals surface area contributed by atoms with Crippen molar-refractivity contribution in [3.05, 3.63) is 65.2 Å². The second-order valence-corrected chi connectivity index (χ2v) is 5.23. The molecule has 1 aromatic carbocycles. The lowest BCUT2D eigenvalue weighted by Gasteiger charge is -2.28. The Hall–Kier alpha value is -2.56. The first-order valence-corrected chi connectivity index (χ1v) is 7.14. The van der Waals surface area contributed by atoms with E-state index in [-0.39, 0.29) is 24.3 Å². The van der Waals surface area contributed by atoms with E-state index in [4.69, 9.17) is 0 Å². The van der Waals surface area contributed by atoms with E-state index in [2.05, 4.69) is 4.98 Å². The first-order valence-electron chi connectivity index (χ1n) is 7.14. The number of hydrogen-bond donors (Lipinski definition) is 0. The summed E-state index contributed by atoms with van der Waals surface area (Å²) < 4.78 is 13.9. The molecule has 1 heterocycles. The molecule has 0 saturated carbocycles. The quantitative estimate of drug-likeness (QED) is 0.815. The maximum atomic E-state index is 13.9. The number of hydrogen-bond acceptors (Lipinski definition) is 3. The van der Waals surface area contributed by atoms with Crippen molar-refractivity contribution in [2.75, 3.05) is 6.54 Å². The van der Waals surface area contributed by atoms with Gasteiger partial charge >= 0.3 is 0 Å². The highest BCUT2D eigenvalue weighted by Gasteiger charge is 2.32. The molecular formula is C17H15FN2O2. The Kier molecular flexibility index (Phi) is 3.96. The zero-order valence-electron chi connectivity index (χ0n) is 11.9. The second-order valence-electron chi connectivity index (χ2n) is 5.23. The fourth-order valence-electron chi connectivity index (χ4n) is 3.00. The predicted octanol–water partition coefficient (Wildman–Crippen LogP) is 2.55. The number of pyridine rings is 1. The number of benzene rings is 1. The van der Waals surface area contributed by atoms with Gasteiger partial charge in [0, 0.05) is 12.4 Å². The van der Waals surface area contributed by atoms with E-state index < -0.39 is 0 Å². The Morgan fingerprint density at radius 3 is 2.95 bits per heavy atom. The van der Waals surface area contributed by atoms with Crippen molar-refractivity contribution in [1.29, 1.82) is 0 Å². The van der Waals surface area contributed by atoms with Crippen LogP contribution in [0.25, 0.3) is 0 Å². The number of aldehydes is 1. The first kappa shape index (κ1) is 14.4. The van der Waals surface area contributed by atoms with E-state index in [1.165, 1.54) is 17.2 Å². The topological polar surface area (TPSA) is 50.3 Å². The third-order valence-corrected chi connectivity index (χ3v) is 4.00. The highest BCUT2D eigenvalue weighted by molar-refractivity contribution is 5.95. The van der Waals surface area contributed by atoms with Gasteiger partial charge in [0.2, 0.25) is 0 Å². The van der Waals surface area contributed by atoms with Gasteiger partial charge in [-0.15, -0.1) is 0 Å². The Morgan fingerprint density at radius 1 is 1.36 bits per heavy atom. The Bertz CT molecular complexity index is 703. The van der Waals surface area contributed by atoms with Crippen molar-refractivity contribution >= 4 is 12.2 Å². The standard InChI is InChI=1S/C17H15FN2O2/c18-15-5-1-4-14-13(15)6-7-16(14)20(9-10-21)17(22)12-3-2-8-19-11-12/h1-5,8,10-11,16H,6-7,9H2. The molecule has 5 heteroatoms. The van der Waals surface area contributed by atoms with E-state index in [1.807, 2.05) is 6.07 Å². The van der Waals surface area contributed by atoms with Crippen LogP contribution in [0.2, 0.25) is 0 Å². The van der Waals surface area contributed by atoms with Crippen molar-refractivity contribution in [3.8, 4) is 0 Å². The van der Waals surface area contributed by atoms with Gasteiger partial charge in [-0.25, -0.2) is 4.39 Å². The van der Waals surface area contributed by atoms with E-state index in [9.17, 15) is 14.0 Å². The third-order valence-electron chi connectivity index (χ3n) is 4.00. The van der Waals surface area contributed by atoms with E-state index in [1.54, 1.807) is 24.4 Å². The van der Waals surface area contributed by atoms with Gasteiger partial charge in [-0.1, -0.05) is 12.1 Å². The van der Waals surface area contributed by atoms with E-state index in [0.29, 0.717) is 30.3 Å². The normalized spacial score (nSPS) is 16.1. The maximum Gasteiger partial charge on any atom is 0.256 e. The number of nitrogens with zero attached hydrogens (tertiary/aromatic N) is 2. The summed E-state index contributed by atoms with van der Waals surface area (Å²) in [7, 11) is 0. The molecule has 0 fully saturated rings. The van der Waals surface area contributed by atoms with Crippen LogP contribution in [0.15, 0.2) is 42.7 Å². The molecule has 3 rings (SSSR count). The fourth-order valence-corrected chi connectivity index (χ4v) is 3.00. The van der Waals surface area contributed by atoms with Crippen LogP contribution in [0.4, 0.5) is 4.39 Å². The van der Waals surface area contributed by atoms with Crippen LogP contribution in [0.1, 0.15) is 33.9 Å². The molecule has 4 nitrogen and oxygen atoms in total. The summed E-state index contributed by atoms with van der Waals surface area (Å²) >= 11 is 0. The summed E-state index contributed by atoms with van der Waals surface area (Å²) in [5.41, 5.74) is 1.86. The minimum atomic E-state index is -0.274. The number of aromatic nitrogens is 1. The molecule has 0 aliphatic heterocycles. The van der Waals surface area contributed by atoms with Crippen molar-refractivity contribution in [2.45, 2.75) is 18.9 Å². The summed E-state index contributed by atoms with van der Waals surface area (Å²) in [6.45, 7) is -0.0195. The highest BCUT2D eigenvalue weighted by atomic mass is 19.1. The summed E-state index contributed by atoms with van der Waals surface area (Å²) in [5, 5.41) is 0. The zero-order valence-corrected chi connectivity index (χ0v) is 11.9. The number of rotatable bonds is 4. The predicted molar refractivity (Wildman–Crippen MR) is 78.8 cm³/mol. The third kappa shape index (κ3) is 2.50. The largest absolute Gasteiger partial charge is 0.325 e. The number of carbonyl (C=O) groups is 2. The molecule has 1 unspecified atom stereocenters. The molecule has 0 radical (unpaired) electrons. The Morgan fingerprint density at radius 2 is 2.23 bits per heavy atom. The molecule has 1 aromatic heterocycles. The van der Waals surface area contributed by atoms with Gasteiger partial charge < -0.3 is 9.69 Å². The Labute approximate surface area is 127 Å². The Balaban J connectivity index is 1.95. The fraction of sp³-hybridized carbons (Fsp3) is 0.235. The number of halogens is 1. The minimum Gasteiger partial charge on any atom is -0.325 e. The molecule has 22 heavy (non-hydrogen) atoms. The molecule has 2 aromatic rings. The van der Waals surface area contributed by atoms with Crippen LogP contribution >= 0.6 is 0 Å². The smallest absolute Gasteiger partial charge is 0.256 e. The average molecular weight is 298 g/mol. The summed E-state index contributed by atoms with van der Waals surface area (Å²) in [6.07, 6.45) is 4.95. The maximum absolute atomic E-state index is 13.9. The van der Waals surface area contributed by atoms with Crippen LogP contribution < -0.4 is 0 Å².